The van der Waals surface area contributed by atoms with Crippen LogP contribution in [0.5, 0.6) is 0 Å². The Morgan fingerprint density at radius 1 is 1.16 bits per heavy atom. The number of thiazole rings is 1. The van der Waals surface area contributed by atoms with E-state index >= 15 is 0 Å². The van der Waals surface area contributed by atoms with Gasteiger partial charge in [-0.3, -0.25) is 9.69 Å². The lowest BCUT2D eigenvalue weighted by atomic mass is 10.3. The molecule has 134 valence electrons. The van der Waals surface area contributed by atoms with Gasteiger partial charge in [0, 0.05) is 13.1 Å². The van der Waals surface area contributed by atoms with Crippen LogP contribution in [0.3, 0.4) is 0 Å². The summed E-state index contributed by atoms with van der Waals surface area (Å²) in [7, 11) is 3.94. The van der Waals surface area contributed by atoms with Gasteiger partial charge in [0.2, 0.25) is 0 Å². The molecule has 2 heterocycles. The highest BCUT2D eigenvalue weighted by molar-refractivity contribution is 7.22. The number of aromatic nitrogens is 1. The van der Waals surface area contributed by atoms with Crippen LogP contribution in [0.2, 0.25) is 8.67 Å². The van der Waals surface area contributed by atoms with Crippen molar-refractivity contribution in [1.29, 1.82) is 0 Å². The molecule has 0 N–H and O–H groups in total. The van der Waals surface area contributed by atoms with Gasteiger partial charge in [-0.15, -0.1) is 23.7 Å². The fraction of sp³-hybridized carbons (Fsp3) is 0.250. The van der Waals surface area contributed by atoms with Crippen LogP contribution < -0.4 is 4.90 Å². The van der Waals surface area contributed by atoms with Gasteiger partial charge in [-0.2, -0.15) is 0 Å². The first-order chi connectivity index (χ1) is 11.5. The van der Waals surface area contributed by atoms with Crippen molar-refractivity contribution in [1.82, 2.24) is 9.88 Å². The molecule has 0 unspecified atom stereocenters. The Balaban J connectivity index is 0.00000225. The molecule has 0 aliphatic rings. The van der Waals surface area contributed by atoms with E-state index in [-0.39, 0.29) is 18.3 Å². The first-order valence-electron chi connectivity index (χ1n) is 7.22. The number of amides is 1. The van der Waals surface area contributed by atoms with E-state index < -0.39 is 0 Å². The van der Waals surface area contributed by atoms with Crippen molar-refractivity contribution < 1.29 is 4.79 Å². The van der Waals surface area contributed by atoms with Gasteiger partial charge in [0.1, 0.15) is 4.34 Å². The standard InChI is InChI=1S/C16H15Cl2N3OS2.ClH/c1-20(2)7-8-21(15(22)10-9-13(17)24-14(10)18)16-19-11-5-3-4-6-12(11)23-16;/h3-6,9H,7-8H2,1-2H3;1H. The Morgan fingerprint density at radius 3 is 2.48 bits per heavy atom. The van der Waals surface area contributed by atoms with E-state index in [1.165, 1.54) is 22.7 Å². The van der Waals surface area contributed by atoms with Gasteiger partial charge < -0.3 is 4.90 Å². The molecule has 4 nitrogen and oxygen atoms in total. The second kappa shape index (κ2) is 8.66. The summed E-state index contributed by atoms with van der Waals surface area (Å²) in [6, 6.07) is 9.46. The molecule has 0 spiro atoms. The van der Waals surface area contributed by atoms with E-state index in [1.807, 2.05) is 43.3 Å². The molecule has 0 aliphatic carbocycles. The zero-order chi connectivity index (χ0) is 17.3. The number of likely N-dealkylation sites (N-methyl/N-ethyl adjacent to an activating group) is 1. The number of carbonyl (C=O) groups excluding carboxylic acids is 1. The third-order valence-corrected chi connectivity index (χ3v) is 5.96. The molecular weight excluding hydrogens is 421 g/mol. The number of anilines is 1. The first kappa shape index (κ1) is 20.4. The second-order valence-electron chi connectivity index (χ2n) is 5.46. The quantitative estimate of drug-likeness (QED) is 0.545. The molecule has 0 bridgehead atoms. The van der Waals surface area contributed by atoms with E-state index in [4.69, 9.17) is 23.2 Å². The van der Waals surface area contributed by atoms with E-state index in [0.717, 1.165) is 16.8 Å². The number of halogens is 3. The van der Waals surface area contributed by atoms with Crippen LogP contribution in [-0.2, 0) is 0 Å². The maximum Gasteiger partial charge on any atom is 0.262 e. The zero-order valence-electron chi connectivity index (χ0n) is 13.5. The van der Waals surface area contributed by atoms with Gasteiger partial charge in [-0.1, -0.05) is 46.7 Å². The predicted octanol–water partition coefficient (Wildman–Crippen LogP) is 5.29. The summed E-state index contributed by atoms with van der Waals surface area (Å²) < 4.78 is 1.95. The summed E-state index contributed by atoms with van der Waals surface area (Å²) in [5.41, 5.74) is 1.30. The summed E-state index contributed by atoms with van der Waals surface area (Å²) in [5.74, 6) is -0.177. The number of para-hydroxylation sites is 1. The molecule has 0 atom stereocenters. The summed E-state index contributed by atoms with van der Waals surface area (Å²) in [6.07, 6.45) is 0. The number of rotatable bonds is 5. The molecule has 0 radical (unpaired) electrons. The molecule has 0 saturated heterocycles. The summed E-state index contributed by atoms with van der Waals surface area (Å²) >= 11 is 14.9. The Morgan fingerprint density at radius 2 is 1.88 bits per heavy atom. The van der Waals surface area contributed by atoms with E-state index in [1.54, 1.807) is 11.0 Å². The molecule has 25 heavy (non-hydrogen) atoms. The minimum absolute atomic E-state index is 0. The number of hydrogen-bond donors (Lipinski definition) is 0. The van der Waals surface area contributed by atoms with Crippen molar-refractivity contribution in [2.24, 2.45) is 0 Å². The third-order valence-electron chi connectivity index (χ3n) is 3.42. The highest BCUT2D eigenvalue weighted by Gasteiger charge is 2.24. The van der Waals surface area contributed by atoms with Crippen molar-refractivity contribution in [3.8, 4) is 0 Å². The Hall–Kier alpha value is -0.890. The van der Waals surface area contributed by atoms with Crippen molar-refractivity contribution in [3.05, 3.63) is 44.6 Å². The second-order valence-corrected chi connectivity index (χ2v) is 8.76. The molecule has 1 aromatic carbocycles. The summed E-state index contributed by atoms with van der Waals surface area (Å²) in [5, 5.41) is 0.668. The van der Waals surface area contributed by atoms with Crippen molar-refractivity contribution in [2.75, 3.05) is 32.1 Å². The molecule has 3 aromatic rings. The fourth-order valence-electron chi connectivity index (χ4n) is 2.19. The minimum atomic E-state index is -0.177. The van der Waals surface area contributed by atoms with Gasteiger partial charge in [-0.05, 0) is 32.3 Å². The van der Waals surface area contributed by atoms with Gasteiger partial charge in [0.15, 0.2) is 5.13 Å². The number of carbonyl (C=O) groups is 1. The van der Waals surface area contributed by atoms with Crippen LogP contribution in [0.4, 0.5) is 5.13 Å². The average molecular weight is 437 g/mol. The largest absolute Gasteiger partial charge is 0.308 e. The third kappa shape index (κ3) is 4.64. The predicted molar refractivity (Wildman–Crippen MR) is 111 cm³/mol. The highest BCUT2D eigenvalue weighted by atomic mass is 35.5. The molecule has 0 aliphatic heterocycles. The molecule has 9 heteroatoms. The highest BCUT2D eigenvalue weighted by Crippen LogP contribution is 2.34. The van der Waals surface area contributed by atoms with Gasteiger partial charge >= 0.3 is 0 Å². The summed E-state index contributed by atoms with van der Waals surface area (Å²) in [4.78, 5) is 21.3. The van der Waals surface area contributed by atoms with Crippen LogP contribution >= 0.6 is 58.3 Å². The summed E-state index contributed by atoms with van der Waals surface area (Å²) in [6.45, 7) is 1.24. The molecule has 3 rings (SSSR count). The minimum Gasteiger partial charge on any atom is -0.308 e. The van der Waals surface area contributed by atoms with Crippen LogP contribution in [0.25, 0.3) is 10.2 Å². The van der Waals surface area contributed by atoms with E-state index in [0.29, 0.717) is 25.9 Å². The van der Waals surface area contributed by atoms with E-state index in [9.17, 15) is 4.79 Å². The van der Waals surface area contributed by atoms with Crippen LogP contribution in [-0.4, -0.2) is 43.0 Å². The smallest absolute Gasteiger partial charge is 0.262 e. The normalized spacial score (nSPS) is 10.9. The molecule has 0 saturated carbocycles. The number of benzene rings is 1. The van der Waals surface area contributed by atoms with Crippen LogP contribution in [0.15, 0.2) is 30.3 Å². The lowest BCUT2D eigenvalue weighted by Gasteiger charge is -2.21. The SMILES string of the molecule is CN(C)CCN(C(=O)c1cc(Cl)sc1Cl)c1nc2ccccc2s1.Cl. The number of fused-ring (bicyclic) bond motifs is 1. The molecule has 0 fully saturated rings. The number of nitrogens with zero attached hydrogens (tertiary/aromatic N) is 3. The van der Waals surface area contributed by atoms with Crippen LogP contribution in [0.1, 0.15) is 10.4 Å². The molecular formula is C16H16Cl3N3OS2. The Bertz CT molecular complexity index is 846. The van der Waals surface area contributed by atoms with Crippen molar-refractivity contribution in [3.63, 3.8) is 0 Å². The van der Waals surface area contributed by atoms with Gasteiger partial charge in [0.25, 0.3) is 5.91 Å². The fourth-order valence-corrected chi connectivity index (χ4v) is 4.63. The van der Waals surface area contributed by atoms with Crippen LogP contribution in [0, 0.1) is 0 Å². The topological polar surface area (TPSA) is 36.4 Å². The maximum absolute atomic E-state index is 13.0. The van der Waals surface area contributed by atoms with Crippen molar-refractivity contribution >= 4 is 79.5 Å². The average Bonchev–Trinajstić information content (AvgIpc) is 3.09. The van der Waals surface area contributed by atoms with Gasteiger partial charge in [0.05, 0.1) is 20.1 Å². The number of hydrogen-bond acceptors (Lipinski definition) is 5. The Kier molecular flexibility index (Phi) is 7.08. The van der Waals surface area contributed by atoms with Gasteiger partial charge in [-0.25, -0.2) is 4.98 Å². The van der Waals surface area contributed by atoms with Crippen molar-refractivity contribution in [2.45, 2.75) is 0 Å². The lowest BCUT2D eigenvalue weighted by molar-refractivity contribution is 0.0986. The molecule has 1 amide bonds. The zero-order valence-corrected chi connectivity index (χ0v) is 17.5. The lowest BCUT2D eigenvalue weighted by Crippen LogP contribution is -2.36. The first-order valence-corrected chi connectivity index (χ1v) is 9.61. The Labute approximate surface area is 170 Å². The van der Waals surface area contributed by atoms with E-state index in [2.05, 4.69) is 4.98 Å². The number of thiophene rings is 1. The monoisotopic (exact) mass is 435 g/mol. The molecule has 2 aromatic heterocycles. The maximum atomic E-state index is 13.0.